The molecule has 0 saturated carbocycles. The van der Waals surface area contributed by atoms with E-state index in [-0.39, 0.29) is 0 Å². The first kappa shape index (κ1) is 10.8. The fourth-order valence-electron chi connectivity index (χ4n) is 1.82. The third-order valence-corrected chi connectivity index (χ3v) is 2.52. The Morgan fingerprint density at radius 3 is 2.62 bits per heavy atom. The molecule has 0 radical (unpaired) electrons. The van der Waals surface area contributed by atoms with Crippen LogP contribution in [0.2, 0.25) is 0 Å². The number of alkyl halides is 3. The van der Waals surface area contributed by atoms with Crippen molar-refractivity contribution in [2.45, 2.75) is 38.1 Å². The van der Waals surface area contributed by atoms with Crippen LogP contribution in [-0.2, 0) is 0 Å². The molecule has 78 valence electrons. The molecule has 2 atom stereocenters. The zero-order valence-corrected chi connectivity index (χ0v) is 7.51. The Labute approximate surface area is 75.3 Å². The summed E-state index contributed by atoms with van der Waals surface area (Å²) in [5.41, 5.74) is 0. The van der Waals surface area contributed by atoms with E-state index in [4.69, 9.17) is 5.11 Å². The summed E-state index contributed by atoms with van der Waals surface area (Å²) in [5, 5.41) is 9.02. The smallest absolute Gasteiger partial charge is 0.382 e. The van der Waals surface area contributed by atoms with Crippen LogP contribution in [0.3, 0.4) is 0 Å². The molecule has 0 aromatic carbocycles. The van der Waals surface area contributed by atoms with Crippen LogP contribution < -0.4 is 0 Å². The minimum absolute atomic E-state index is 0.439. The minimum atomic E-state index is -4.48. The Morgan fingerprint density at radius 1 is 1.54 bits per heavy atom. The van der Waals surface area contributed by atoms with E-state index in [0.717, 1.165) is 6.42 Å². The van der Waals surface area contributed by atoms with Crippen LogP contribution in [0.4, 0.5) is 13.2 Å². The highest BCUT2D eigenvalue weighted by atomic mass is 19.4. The van der Waals surface area contributed by atoms with Crippen LogP contribution in [-0.4, -0.2) is 41.4 Å². The first-order valence-electron chi connectivity index (χ1n) is 4.45. The van der Waals surface area contributed by atoms with E-state index in [2.05, 4.69) is 0 Å². The molecule has 0 aromatic heterocycles. The van der Waals surface area contributed by atoms with Gasteiger partial charge in [-0.2, -0.15) is 13.2 Å². The summed E-state index contributed by atoms with van der Waals surface area (Å²) >= 11 is 0. The van der Waals surface area contributed by atoms with E-state index < -0.39 is 18.3 Å². The van der Waals surface area contributed by atoms with Gasteiger partial charge >= 0.3 is 6.18 Å². The van der Waals surface area contributed by atoms with E-state index in [0.29, 0.717) is 19.5 Å². The second-order valence-corrected chi connectivity index (χ2v) is 3.32. The predicted octanol–water partition coefficient (Wildman–Crippen LogP) is 1.39. The third kappa shape index (κ3) is 2.34. The van der Waals surface area contributed by atoms with E-state index in [9.17, 15) is 13.2 Å². The van der Waals surface area contributed by atoms with Gasteiger partial charge in [-0.05, 0) is 25.9 Å². The summed E-state index contributed by atoms with van der Waals surface area (Å²) in [7, 11) is 0. The van der Waals surface area contributed by atoms with Gasteiger partial charge in [-0.3, -0.25) is 4.90 Å². The second kappa shape index (κ2) is 3.84. The van der Waals surface area contributed by atoms with Crippen LogP contribution in [0, 0.1) is 0 Å². The van der Waals surface area contributed by atoms with Crippen LogP contribution in [0.25, 0.3) is 0 Å². The summed E-state index contributed by atoms with van der Waals surface area (Å²) in [6, 6.07) is -0.731. The van der Waals surface area contributed by atoms with E-state index in [1.165, 1.54) is 0 Å². The molecule has 1 saturated heterocycles. The molecule has 0 spiro atoms. The monoisotopic (exact) mass is 197 g/mol. The number of rotatable bonds is 2. The van der Waals surface area contributed by atoms with Crippen molar-refractivity contribution in [2.75, 3.05) is 13.1 Å². The van der Waals surface area contributed by atoms with Gasteiger partial charge < -0.3 is 5.11 Å². The molecule has 1 rings (SSSR count). The number of aliphatic hydroxyl groups is 1. The number of likely N-dealkylation sites (N-methyl/N-ethyl adjacent to an activating group) is 1. The molecule has 1 aliphatic heterocycles. The average Bonchev–Trinajstić information content (AvgIpc) is 2.48. The zero-order chi connectivity index (χ0) is 10.1. The van der Waals surface area contributed by atoms with Crippen molar-refractivity contribution in [1.29, 1.82) is 0 Å². The summed E-state index contributed by atoms with van der Waals surface area (Å²) in [6.45, 7) is 3.04. The lowest BCUT2D eigenvalue weighted by atomic mass is 10.1. The van der Waals surface area contributed by atoms with Crippen molar-refractivity contribution in [3.63, 3.8) is 0 Å². The summed E-state index contributed by atoms with van der Waals surface area (Å²) < 4.78 is 36.4. The Hall–Kier alpha value is -0.290. The fourth-order valence-corrected chi connectivity index (χ4v) is 1.82. The van der Waals surface area contributed by atoms with Crippen molar-refractivity contribution in [1.82, 2.24) is 4.90 Å². The lowest BCUT2D eigenvalue weighted by Gasteiger charge is -2.28. The number of hydrogen-bond acceptors (Lipinski definition) is 2. The van der Waals surface area contributed by atoms with Gasteiger partial charge in [0.2, 0.25) is 0 Å². The second-order valence-electron chi connectivity index (χ2n) is 3.32. The fraction of sp³-hybridized carbons (Fsp3) is 1.00. The first-order chi connectivity index (χ1) is 5.96. The van der Waals surface area contributed by atoms with Gasteiger partial charge in [0.1, 0.15) is 0 Å². The lowest BCUT2D eigenvalue weighted by Crippen LogP contribution is -2.46. The molecule has 1 aliphatic rings. The van der Waals surface area contributed by atoms with Crippen molar-refractivity contribution >= 4 is 0 Å². The van der Waals surface area contributed by atoms with Crippen LogP contribution in [0.1, 0.15) is 19.8 Å². The van der Waals surface area contributed by atoms with E-state index in [1.807, 2.05) is 0 Å². The van der Waals surface area contributed by atoms with Crippen molar-refractivity contribution in [3.05, 3.63) is 0 Å². The quantitative estimate of drug-likeness (QED) is 0.723. The minimum Gasteiger partial charge on any atom is -0.382 e. The maximum absolute atomic E-state index is 12.1. The molecule has 13 heavy (non-hydrogen) atoms. The van der Waals surface area contributed by atoms with Gasteiger partial charge in [0, 0.05) is 6.04 Å². The van der Waals surface area contributed by atoms with Gasteiger partial charge in [-0.1, -0.05) is 6.92 Å². The average molecular weight is 197 g/mol. The maximum Gasteiger partial charge on any atom is 0.415 e. The van der Waals surface area contributed by atoms with Crippen LogP contribution in [0.5, 0.6) is 0 Å². The van der Waals surface area contributed by atoms with E-state index >= 15 is 0 Å². The molecule has 0 amide bonds. The lowest BCUT2D eigenvalue weighted by molar-refractivity contribution is -0.218. The number of hydrogen-bond donors (Lipinski definition) is 1. The van der Waals surface area contributed by atoms with Gasteiger partial charge in [0.15, 0.2) is 6.10 Å². The molecule has 1 N–H and O–H groups in total. The molecule has 0 aliphatic carbocycles. The topological polar surface area (TPSA) is 23.5 Å². The highest BCUT2D eigenvalue weighted by Gasteiger charge is 2.46. The molecule has 1 fully saturated rings. The molecule has 1 heterocycles. The highest BCUT2D eigenvalue weighted by Crippen LogP contribution is 2.30. The Bertz CT molecular complexity index is 171. The molecular weight excluding hydrogens is 183 g/mol. The number of likely N-dealkylation sites (tertiary alicyclic amines) is 1. The van der Waals surface area contributed by atoms with Crippen molar-refractivity contribution in [2.24, 2.45) is 0 Å². The third-order valence-electron chi connectivity index (χ3n) is 2.52. The maximum atomic E-state index is 12.1. The zero-order valence-electron chi connectivity index (χ0n) is 7.51. The molecule has 0 unspecified atom stereocenters. The highest BCUT2D eigenvalue weighted by molar-refractivity contribution is 4.87. The van der Waals surface area contributed by atoms with Crippen LogP contribution in [0.15, 0.2) is 0 Å². The molecule has 0 bridgehead atoms. The van der Waals surface area contributed by atoms with Crippen LogP contribution >= 0.6 is 0 Å². The van der Waals surface area contributed by atoms with Crippen molar-refractivity contribution in [3.8, 4) is 0 Å². The molecule has 0 aromatic rings. The molecule has 2 nitrogen and oxygen atoms in total. The number of nitrogens with zero attached hydrogens (tertiary/aromatic N) is 1. The standard InChI is InChI=1S/C8H14F3NO/c1-2-12-5-3-4-6(12)7(13)8(9,10)11/h6-7,13H,2-5H2,1H3/t6-,7-/m1/s1. The van der Waals surface area contributed by atoms with Gasteiger partial charge in [0.25, 0.3) is 0 Å². The Kier molecular flexibility index (Phi) is 3.18. The Balaban J connectivity index is 2.60. The van der Waals surface area contributed by atoms with E-state index in [1.54, 1.807) is 11.8 Å². The molecular formula is C8H14F3NO. The largest absolute Gasteiger partial charge is 0.415 e. The summed E-state index contributed by atoms with van der Waals surface area (Å²) in [4.78, 5) is 1.68. The predicted molar refractivity (Wildman–Crippen MR) is 42.3 cm³/mol. The summed E-state index contributed by atoms with van der Waals surface area (Å²) in [6.07, 6.45) is -5.49. The van der Waals surface area contributed by atoms with Gasteiger partial charge in [-0.15, -0.1) is 0 Å². The SMILES string of the molecule is CCN1CCC[C@@H]1[C@@H](O)C(F)(F)F. The van der Waals surface area contributed by atoms with Gasteiger partial charge in [-0.25, -0.2) is 0 Å². The van der Waals surface area contributed by atoms with Gasteiger partial charge in [0.05, 0.1) is 0 Å². The normalized spacial score (nSPS) is 27.9. The molecule has 5 heteroatoms. The van der Waals surface area contributed by atoms with Crippen molar-refractivity contribution < 1.29 is 18.3 Å². The summed E-state index contributed by atoms with van der Waals surface area (Å²) in [5.74, 6) is 0. The first-order valence-corrected chi connectivity index (χ1v) is 4.45. The number of halogens is 3. The Morgan fingerprint density at radius 2 is 2.15 bits per heavy atom. The number of aliphatic hydroxyl groups excluding tert-OH is 1.